The highest BCUT2D eigenvalue weighted by atomic mass is 16.5. The first-order valence-corrected chi connectivity index (χ1v) is 9.32. The summed E-state index contributed by atoms with van der Waals surface area (Å²) in [6.45, 7) is 15.3. The first-order chi connectivity index (χ1) is 11.2. The highest BCUT2D eigenvalue weighted by molar-refractivity contribution is 5.66. The van der Waals surface area contributed by atoms with Crippen molar-refractivity contribution in [2.75, 3.05) is 6.61 Å². The van der Waals surface area contributed by atoms with E-state index in [2.05, 4.69) is 46.4 Å². The lowest BCUT2D eigenvalue weighted by Gasteiger charge is -2.57. The SMILES string of the molecule is C=C/C(C)=C/C[C@H]1C(COC(C)=O)=CC[C@H]2C(C)(C)CCC[C@]12C. The number of hydrogen-bond acceptors (Lipinski definition) is 2. The molecule has 1 fully saturated rings. The lowest BCUT2D eigenvalue weighted by Crippen LogP contribution is -2.49. The highest BCUT2D eigenvalue weighted by Crippen LogP contribution is 2.60. The number of ether oxygens (including phenoxy) is 1. The fraction of sp³-hybridized carbons (Fsp3) is 0.682. The van der Waals surface area contributed by atoms with Crippen LogP contribution in [0.4, 0.5) is 0 Å². The Morgan fingerprint density at radius 2 is 2.04 bits per heavy atom. The summed E-state index contributed by atoms with van der Waals surface area (Å²) >= 11 is 0. The van der Waals surface area contributed by atoms with Crippen LogP contribution in [0.3, 0.4) is 0 Å². The van der Waals surface area contributed by atoms with Gasteiger partial charge in [-0.2, -0.15) is 0 Å². The zero-order valence-corrected chi connectivity index (χ0v) is 16.2. The van der Waals surface area contributed by atoms with Crippen molar-refractivity contribution in [3.05, 3.63) is 36.0 Å². The van der Waals surface area contributed by atoms with E-state index in [0.717, 1.165) is 12.8 Å². The molecule has 0 saturated heterocycles. The van der Waals surface area contributed by atoms with Gasteiger partial charge in [0.25, 0.3) is 0 Å². The summed E-state index contributed by atoms with van der Waals surface area (Å²) in [5.74, 6) is 0.955. The minimum absolute atomic E-state index is 0.191. The molecule has 0 aromatic rings. The Bertz CT molecular complexity index is 552. The van der Waals surface area contributed by atoms with Crippen LogP contribution in [0.5, 0.6) is 0 Å². The monoisotopic (exact) mass is 330 g/mol. The lowest BCUT2D eigenvalue weighted by atomic mass is 9.48. The van der Waals surface area contributed by atoms with Gasteiger partial charge in [-0.15, -0.1) is 0 Å². The fourth-order valence-electron chi connectivity index (χ4n) is 5.16. The smallest absolute Gasteiger partial charge is 0.302 e. The van der Waals surface area contributed by atoms with Crippen molar-refractivity contribution < 1.29 is 9.53 Å². The summed E-state index contributed by atoms with van der Waals surface area (Å²) in [6, 6.07) is 0. The highest BCUT2D eigenvalue weighted by Gasteiger charge is 2.52. The second-order valence-electron chi connectivity index (χ2n) is 8.64. The molecule has 2 aliphatic carbocycles. The Kier molecular flexibility index (Phi) is 5.78. The van der Waals surface area contributed by atoms with Crippen LogP contribution in [0.2, 0.25) is 0 Å². The van der Waals surface area contributed by atoms with Crippen LogP contribution in [-0.4, -0.2) is 12.6 Å². The molecule has 3 atom stereocenters. The maximum absolute atomic E-state index is 11.3. The number of fused-ring (bicyclic) bond motifs is 1. The molecule has 0 radical (unpaired) electrons. The molecular formula is C22H34O2. The normalized spacial score (nSPS) is 32.5. The van der Waals surface area contributed by atoms with E-state index in [1.807, 2.05) is 6.08 Å². The summed E-state index contributed by atoms with van der Waals surface area (Å²) in [5.41, 5.74) is 3.20. The van der Waals surface area contributed by atoms with E-state index in [-0.39, 0.29) is 11.4 Å². The molecule has 24 heavy (non-hydrogen) atoms. The summed E-state index contributed by atoms with van der Waals surface area (Å²) in [7, 11) is 0. The van der Waals surface area contributed by atoms with Gasteiger partial charge in [0, 0.05) is 6.92 Å². The Hall–Kier alpha value is -1.31. The van der Waals surface area contributed by atoms with Gasteiger partial charge in [-0.1, -0.05) is 57.6 Å². The van der Waals surface area contributed by atoms with E-state index in [1.165, 1.54) is 37.3 Å². The Morgan fingerprint density at radius 1 is 1.33 bits per heavy atom. The van der Waals surface area contributed by atoms with Gasteiger partial charge in [0.1, 0.15) is 6.61 Å². The van der Waals surface area contributed by atoms with E-state index in [9.17, 15) is 4.79 Å². The second kappa shape index (κ2) is 7.29. The zero-order valence-electron chi connectivity index (χ0n) is 16.2. The average molecular weight is 331 g/mol. The molecule has 0 aromatic heterocycles. The van der Waals surface area contributed by atoms with E-state index >= 15 is 0 Å². The van der Waals surface area contributed by atoms with Crippen LogP contribution in [0.1, 0.15) is 66.7 Å². The van der Waals surface area contributed by atoms with Crippen LogP contribution in [0.15, 0.2) is 36.0 Å². The third-order valence-electron chi connectivity index (χ3n) is 6.57. The van der Waals surface area contributed by atoms with Crippen LogP contribution in [-0.2, 0) is 9.53 Å². The molecule has 0 aromatic carbocycles. The van der Waals surface area contributed by atoms with Gasteiger partial charge in [-0.3, -0.25) is 4.79 Å². The molecule has 0 heterocycles. The third-order valence-corrected chi connectivity index (χ3v) is 6.57. The second-order valence-corrected chi connectivity index (χ2v) is 8.64. The first-order valence-electron chi connectivity index (χ1n) is 9.32. The van der Waals surface area contributed by atoms with Crippen molar-refractivity contribution in [3.8, 4) is 0 Å². The zero-order chi connectivity index (χ0) is 18.0. The standard InChI is InChI=1S/C22H34O2/c1-7-16(2)9-11-19-18(15-24-17(3)23)10-12-20-21(4,5)13-8-14-22(19,20)6/h7,9-10,19-20H,1,8,11-15H2,2-6H3/b16-9+/t19-,20-,22+/m0/s1. The van der Waals surface area contributed by atoms with E-state index in [4.69, 9.17) is 4.74 Å². The predicted octanol–water partition coefficient (Wildman–Crippen LogP) is 5.85. The van der Waals surface area contributed by atoms with Crippen LogP contribution in [0, 0.1) is 22.7 Å². The third kappa shape index (κ3) is 3.84. The topological polar surface area (TPSA) is 26.3 Å². The molecule has 1 saturated carbocycles. The summed E-state index contributed by atoms with van der Waals surface area (Å²) in [5, 5.41) is 0. The number of allylic oxidation sites excluding steroid dienone is 4. The molecule has 0 unspecified atom stereocenters. The molecule has 2 nitrogen and oxygen atoms in total. The lowest BCUT2D eigenvalue weighted by molar-refractivity contribution is -0.140. The molecule has 134 valence electrons. The molecule has 2 heteroatoms. The maximum Gasteiger partial charge on any atom is 0.302 e. The number of esters is 1. The van der Waals surface area contributed by atoms with Crippen molar-refractivity contribution in [2.45, 2.75) is 66.7 Å². The van der Waals surface area contributed by atoms with Gasteiger partial charge in [0.05, 0.1) is 0 Å². The van der Waals surface area contributed by atoms with Crippen molar-refractivity contribution >= 4 is 5.97 Å². The van der Waals surface area contributed by atoms with Gasteiger partial charge in [0.2, 0.25) is 0 Å². The Morgan fingerprint density at radius 3 is 2.67 bits per heavy atom. The van der Waals surface area contributed by atoms with E-state index < -0.39 is 0 Å². The van der Waals surface area contributed by atoms with Crippen molar-refractivity contribution in [1.82, 2.24) is 0 Å². The molecular weight excluding hydrogens is 296 g/mol. The molecule has 2 aliphatic rings. The van der Waals surface area contributed by atoms with Crippen molar-refractivity contribution in [3.63, 3.8) is 0 Å². The number of carbonyl (C=O) groups is 1. The van der Waals surface area contributed by atoms with Crippen LogP contribution >= 0.6 is 0 Å². The van der Waals surface area contributed by atoms with Gasteiger partial charge < -0.3 is 4.74 Å². The Labute approximate surface area is 148 Å². The number of rotatable bonds is 5. The van der Waals surface area contributed by atoms with Gasteiger partial charge >= 0.3 is 5.97 Å². The van der Waals surface area contributed by atoms with Gasteiger partial charge in [-0.05, 0) is 60.8 Å². The Balaban J connectivity index is 2.34. The molecule has 0 aliphatic heterocycles. The van der Waals surface area contributed by atoms with Crippen molar-refractivity contribution in [2.24, 2.45) is 22.7 Å². The summed E-state index contributed by atoms with van der Waals surface area (Å²) < 4.78 is 5.37. The van der Waals surface area contributed by atoms with Gasteiger partial charge in [-0.25, -0.2) is 0 Å². The average Bonchev–Trinajstić information content (AvgIpc) is 2.50. The van der Waals surface area contributed by atoms with E-state index in [1.54, 1.807) is 0 Å². The van der Waals surface area contributed by atoms with Crippen LogP contribution < -0.4 is 0 Å². The molecule has 0 amide bonds. The molecule has 0 spiro atoms. The van der Waals surface area contributed by atoms with Crippen molar-refractivity contribution in [1.29, 1.82) is 0 Å². The van der Waals surface area contributed by atoms with Crippen LogP contribution in [0.25, 0.3) is 0 Å². The summed E-state index contributed by atoms with van der Waals surface area (Å²) in [6.07, 6.45) is 12.6. The quantitative estimate of drug-likeness (QED) is 0.359. The maximum atomic E-state index is 11.3. The fourth-order valence-corrected chi connectivity index (χ4v) is 5.16. The van der Waals surface area contributed by atoms with E-state index in [0.29, 0.717) is 23.9 Å². The summed E-state index contributed by atoms with van der Waals surface area (Å²) in [4.78, 5) is 11.3. The number of hydrogen-bond donors (Lipinski definition) is 0. The predicted molar refractivity (Wildman–Crippen MR) is 101 cm³/mol. The molecule has 2 rings (SSSR count). The minimum Gasteiger partial charge on any atom is -0.461 e. The first kappa shape index (κ1) is 19.0. The molecule has 0 bridgehead atoms. The minimum atomic E-state index is -0.191. The van der Waals surface area contributed by atoms with Gasteiger partial charge in [0.15, 0.2) is 0 Å². The largest absolute Gasteiger partial charge is 0.461 e. The molecule has 0 N–H and O–H groups in total. The number of carbonyl (C=O) groups excluding carboxylic acids is 1.